The lowest BCUT2D eigenvalue weighted by Crippen LogP contribution is -2.33. The van der Waals surface area contributed by atoms with Gasteiger partial charge in [0, 0.05) is 5.56 Å². The van der Waals surface area contributed by atoms with Crippen LogP contribution in [0, 0.1) is 0 Å². The number of benzene rings is 2. The summed E-state index contributed by atoms with van der Waals surface area (Å²) >= 11 is 0. The van der Waals surface area contributed by atoms with Crippen molar-refractivity contribution in [3.63, 3.8) is 0 Å². The van der Waals surface area contributed by atoms with Crippen molar-refractivity contribution in [1.29, 1.82) is 0 Å². The minimum Gasteiger partial charge on any atom is -0.508 e. The van der Waals surface area contributed by atoms with E-state index in [0.29, 0.717) is 16.8 Å². The van der Waals surface area contributed by atoms with Gasteiger partial charge < -0.3 is 20.6 Å². The van der Waals surface area contributed by atoms with Crippen LogP contribution < -0.4 is 5.32 Å². The van der Waals surface area contributed by atoms with E-state index in [1.807, 2.05) is 0 Å². The number of H-pyrrole nitrogens is 1. The summed E-state index contributed by atoms with van der Waals surface area (Å²) in [5.74, 6) is -1.76. The Morgan fingerprint density at radius 2 is 1.54 bits per heavy atom. The van der Waals surface area contributed by atoms with Gasteiger partial charge in [-0.05, 0) is 48.0 Å². The molecule has 3 rings (SSSR count). The van der Waals surface area contributed by atoms with Gasteiger partial charge in [-0.3, -0.25) is 9.89 Å². The monoisotopic (exact) mass is 353 g/mol. The number of carboxylic acid groups (broad SMARTS) is 1. The summed E-state index contributed by atoms with van der Waals surface area (Å²) < 4.78 is 0. The number of aliphatic carboxylic acids is 1. The Bertz CT molecular complexity index is 932. The number of carbonyl (C=O) groups is 2. The van der Waals surface area contributed by atoms with Crippen LogP contribution >= 0.6 is 0 Å². The number of amides is 1. The summed E-state index contributed by atoms with van der Waals surface area (Å²) in [6.07, 6.45) is 0. The molecule has 0 saturated carbocycles. The largest absolute Gasteiger partial charge is 0.508 e. The van der Waals surface area contributed by atoms with Crippen LogP contribution in [0.15, 0.2) is 54.6 Å². The molecular weight excluding hydrogens is 338 g/mol. The minimum atomic E-state index is -1.27. The molecule has 1 aromatic heterocycles. The van der Waals surface area contributed by atoms with Crippen LogP contribution in [0.1, 0.15) is 22.1 Å². The molecule has 3 aromatic rings. The number of aromatic amines is 1. The van der Waals surface area contributed by atoms with Gasteiger partial charge in [-0.15, -0.1) is 0 Å². The predicted octanol–water partition coefficient (Wildman–Crippen LogP) is 2.04. The standard InChI is InChI=1S/C18H15N3O5/c22-12-5-1-10(2-6-12)14-9-15(21-20-14)17(24)19-16(18(25)26)11-3-7-13(23)8-4-11/h1-9,16,22-23H,(H,19,24)(H,20,21)(H,25,26)/t16-/m0/s1. The second-order valence-electron chi connectivity index (χ2n) is 5.55. The Morgan fingerprint density at radius 1 is 0.962 bits per heavy atom. The van der Waals surface area contributed by atoms with Crippen LogP contribution in [-0.4, -0.2) is 37.4 Å². The number of carbonyl (C=O) groups excluding carboxylic acids is 1. The molecule has 0 radical (unpaired) electrons. The summed E-state index contributed by atoms with van der Waals surface area (Å²) in [4.78, 5) is 23.8. The van der Waals surface area contributed by atoms with Crippen molar-refractivity contribution in [2.45, 2.75) is 6.04 Å². The van der Waals surface area contributed by atoms with E-state index >= 15 is 0 Å². The van der Waals surface area contributed by atoms with Gasteiger partial charge in [0.25, 0.3) is 5.91 Å². The molecule has 2 aromatic carbocycles. The predicted molar refractivity (Wildman–Crippen MR) is 91.6 cm³/mol. The molecule has 8 heteroatoms. The average Bonchev–Trinajstić information content (AvgIpc) is 3.11. The molecule has 132 valence electrons. The van der Waals surface area contributed by atoms with Crippen LogP contribution in [-0.2, 0) is 4.79 Å². The lowest BCUT2D eigenvalue weighted by Gasteiger charge is -2.14. The summed E-state index contributed by atoms with van der Waals surface area (Å²) in [7, 11) is 0. The molecule has 8 nitrogen and oxygen atoms in total. The van der Waals surface area contributed by atoms with E-state index in [0.717, 1.165) is 0 Å². The third kappa shape index (κ3) is 3.64. The number of nitrogens with zero attached hydrogens (tertiary/aromatic N) is 1. The number of carboxylic acids is 1. The van der Waals surface area contributed by atoms with E-state index in [9.17, 15) is 24.9 Å². The number of hydrogen-bond acceptors (Lipinski definition) is 5. The van der Waals surface area contributed by atoms with Crippen molar-refractivity contribution < 1.29 is 24.9 Å². The number of nitrogens with one attached hydrogen (secondary N) is 2. The van der Waals surface area contributed by atoms with E-state index in [2.05, 4.69) is 15.5 Å². The molecule has 0 bridgehead atoms. The third-order valence-electron chi connectivity index (χ3n) is 3.73. The van der Waals surface area contributed by atoms with Gasteiger partial charge in [-0.25, -0.2) is 4.79 Å². The molecule has 0 saturated heterocycles. The lowest BCUT2D eigenvalue weighted by atomic mass is 10.1. The zero-order valence-corrected chi connectivity index (χ0v) is 13.4. The van der Waals surface area contributed by atoms with Crippen LogP contribution in [0.25, 0.3) is 11.3 Å². The fourth-order valence-corrected chi connectivity index (χ4v) is 2.38. The molecule has 0 unspecified atom stereocenters. The smallest absolute Gasteiger partial charge is 0.330 e. The zero-order chi connectivity index (χ0) is 18.7. The molecule has 0 fully saturated rings. The first-order chi connectivity index (χ1) is 12.4. The molecule has 26 heavy (non-hydrogen) atoms. The quantitative estimate of drug-likeness (QED) is 0.476. The highest BCUT2D eigenvalue weighted by Crippen LogP contribution is 2.21. The molecule has 0 aliphatic carbocycles. The SMILES string of the molecule is O=C(N[C@H](C(=O)O)c1ccc(O)cc1)c1cc(-c2ccc(O)cc2)n[nH]1. The first-order valence-corrected chi connectivity index (χ1v) is 7.61. The van der Waals surface area contributed by atoms with Gasteiger partial charge in [-0.1, -0.05) is 12.1 Å². The second kappa shape index (κ2) is 6.98. The van der Waals surface area contributed by atoms with E-state index < -0.39 is 17.9 Å². The summed E-state index contributed by atoms with van der Waals surface area (Å²) in [6, 6.07) is 12.0. The van der Waals surface area contributed by atoms with Gasteiger partial charge in [0.2, 0.25) is 0 Å². The zero-order valence-electron chi connectivity index (χ0n) is 13.4. The van der Waals surface area contributed by atoms with Gasteiger partial charge in [-0.2, -0.15) is 5.10 Å². The maximum absolute atomic E-state index is 12.4. The number of phenolic OH excluding ortho intramolecular Hbond substituents is 2. The Hall–Kier alpha value is -3.81. The highest BCUT2D eigenvalue weighted by molar-refractivity contribution is 5.96. The Morgan fingerprint density at radius 3 is 2.12 bits per heavy atom. The number of hydrogen-bond donors (Lipinski definition) is 5. The van der Waals surface area contributed by atoms with E-state index in [4.69, 9.17) is 0 Å². The van der Waals surface area contributed by atoms with E-state index in [1.165, 1.54) is 42.5 Å². The fourth-order valence-electron chi connectivity index (χ4n) is 2.38. The number of phenols is 2. The molecule has 1 amide bonds. The summed E-state index contributed by atoms with van der Waals surface area (Å²) in [5.41, 5.74) is 1.58. The number of aromatic hydroxyl groups is 2. The molecule has 5 N–H and O–H groups in total. The maximum atomic E-state index is 12.4. The van der Waals surface area contributed by atoms with Crippen molar-refractivity contribution in [2.75, 3.05) is 0 Å². The van der Waals surface area contributed by atoms with Crippen LogP contribution in [0.5, 0.6) is 11.5 Å². The highest BCUT2D eigenvalue weighted by atomic mass is 16.4. The highest BCUT2D eigenvalue weighted by Gasteiger charge is 2.23. The van der Waals surface area contributed by atoms with Gasteiger partial charge >= 0.3 is 5.97 Å². The van der Waals surface area contributed by atoms with E-state index in [1.54, 1.807) is 12.1 Å². The average molecular weight is 353 g/mol. The van der Waals surface area contributed by atoms with Crippen LogP contribution in [0.2, 0.25) is 0 Å². The van der Waals surface area contributed by atoms with Crippen molar-refractivity contribution in [1.82, 2.24) is 15.5 Å². The van der Waals surface area contributed by atoms with E-state index in [-0.39, 0.29) is 17.2 Å². The first kappa shape index (κ1) is 17.0. The Kier molecular flexibility index (Phi) is 4.57. The molecule has 1 heterocycles. The molecular formula is C18H15N3O5. The summed E-state index contributed by atoms with van der Waals surface area (Å²) in [6.45, 7) is 0. The minimum absolute atomic E-state index is 0.00340. The second-order valence-corrected chi connectivity index (χ2v) is 5.55. The molecule has 0 spiro atoms. The Balaban J connectivity index is 1.79. The van der Waals surface area contributed by atoms with Crippen molar-refractivity contribution >= 4 is 11.9 Å². The first-order valence-electron chi connectivity index (χ1n) is 7.61. The normalized spacial score (nSPS) is 11.7. The van der Waals surface area contributed by atoms with Crippen molar-refractivity contribution in [2.24, 2.45) is 0 Å². The lowest BCUT2D eigenvalue weighted by molar-refractivity contribution is -0.139. The van der Waals surface area contributed by atoms with Gasteiger partial charge in [0.1, 0.15) is 17.2 Å². The third-order valence-corrected chi connectivity index (χ3v) is 3.73. The molecule has 0 aliphatic rings. The van der Waals surface area contributed by atoms with Gasteiger partial charge in [0.05, 0.1) is 5.69 Å². The Labute approximate surface area is 147 Å². The van der Waals surface area contributed by atoms with Gasteiger partial charge in [0.15, 0.2) is 6.04 Å². The maximum Gasteiger partial charge on any atom is 0.330 e. The van der Waals surface area contributed by atoms with Crippen LogP contribution in [0.3, 0.4) is 0 Å². The fraction of sp³-hybridized carbons (Fsp3) is 0.0556. The summed E-state index contributed by atoms with van der Waals surface area (Å²) in [5, 5.41) is 37.0. The van der Waals surface area contributed by atoms with Crippen molar-refractivity contribution in [3.8, 4) is 22.8 Å². The molecule has 0 aliphatic heterocycles. The number of rotatable bonds is 5. The number of aromatic nitrogens is 2. The van der Waals surface area contributed by atoms with Crippen LogP contribution in [0.4, 0.5) is 0 Å². The topological polar surface area (TPSA) is 136 Å². The van der Waals surface area contributed by atoms with Crippen molar-refractivity contribution in [3.05, 3.63) is 65.9 Å². The molecule has 1 atom stereocenters.